The maximum Gasteiger partial charge on any atom is 0.341 e. The van der Waals surface area contributed by atoms with E-state index in [-0.39, 0.29) is 6.10 Å². The fourth-order valence-corrected chi connectivity index (χ4v) is 3.06. The zero-order valence-corrected chi connectivity index (χ0v) is 20.1. The van der Waals surface area contributed by atoms with Gasteiger partial charge >= 0.3 is 5.97 Å². The molecule has 1 aromatic carbocycles. The lowest BCUT2D eigenvalue weighted by Gasteiger charge is -2.36. The molecule has 0 radical (unpaired) electrons. The molecule has 0 saturated carbocycles. The minimum absolute atomic E-state index is 0.281. The van der Waals surface area contributed by atoms with Gasteiger partial charge in [-0.25, -0.2) is 4.79 Å². The molecule has 1 aliphatic heterocycles. The number of hydrogen-bond donors (Lipinski definition) is 0. The van der Waals surface area contributed by atoms with Crippen molar-refractivity contribution in [3.63, 3.8) is 0 Å². The molecule has 6 heteroatoms. The van der Waals surface area contributed by atoms with Gasteiger partial charge in [-0.3, -0.25) is 0 Å². The highest BCUT2D eigenvalue weighted by Crippen LogP contribution is 2.37. The van der Waals surface area contributed by atoms with Gasteiger partial charge in [0.15, 0.2) is 11.5 Å². The number of rotatable bonds is 8. The SMILES string of the molecule is C=CC(C)(C)OC1COc2ccc(C=CC=C(C)C(=COC)C(=O)OC)cc2OC1(C)C. The van der Waals surface area contributed by atoms with E-state index in [9.17, 15) is 4.79 Å². The van der Waals surface area contributed by atoms with E-state index in [1.165, 1.54) is 20.5 Å². The largest absolute Gasteiger partial charge is 0.503 e. The third-order valence-electron chi connectivity index (χ3n) is 5.14. The van der Waals surface area contributed by atoms with Gasteiger partial charge in [-0.1, -0.05) is 30.4 Å². The van der Waals surface area contributed by atoms with Crippen molar-refractivity contribution in [2.45, 2.75) is 51.9 Å². The topological polar surface area (TPSA) is 63.2 Å². The molecule has 1 aliphatic rings. The fourth-order valence-electron chi connectivity index (χ4n) is 3.06. The average molecular weight is 443 g/mol. The number of hydrogen-bond acceptors (Lipinski definition) is 6. The number of benzene rings is 1. The van der Waals surface area contributed by atoms with E-state index in [1.807, 2.05) is 71.0 Å². The van der Waals surface area contributed by atoms with Crippen molar-refractivity contribution in [3.8, 4) is 11.5 Å². The van der Waals surface area contributed by atoms with Crippen LogP contribution in [0.1, 0.15) is 40.2 Å². The molecular formula is C26H34O6. The van der Waals surface area contributed by atoms with Crippen molar-refractivity contribution in [2.24, 2.45) is 0 Å². The minimum Gasteiger partial charge on any atom is -0.503 e. The highest BCUT2D eigenvalue weighted by molar-refractivity contribution is 5.93. The van der Waals surface area contributed by atoms with E-state index in [1.54, 1.807) is 6.08 Å². The predicted octanol–water partition coefficient (Wildman–Crippen LogP) is 5.25. The van der Waals surface area contributed by atoms with Gasteiger partial charge < -0.3 is 23.7 Å². The molecule has 0 aliphatic carbocycles. The van der Waals surface area contributed by atoms with Gasteiger partial charge in [0.25, 0.3) is 0 Å². The quantitative estimate of drug-likeness (QED) is 0.180. The van der Waals surface area contributed by atoms with Gasteiger partial charge in [0.05, 0.1) is 31.7 Å². The lowest BCUT2D eigenvalue weighted by atomic mass is 10.0. The van der Waals surface area contributed by atoms with Crippen LogP contribution >= 0.6 is 0 Å². The van der Waals surface area contributed by atoms with Gasteiger partial charge in [-0.15, -0.1) is 6.58 Å². The normalized spacial score (nSPS) is 18.8. The number of esters is 1. The Bertz CT molecular complexity index is 920. The van der Waals surface area contributed by atoms with Crippen molar-refractivity contribution in [3.05, 3.63) is 66.0 Å². The molecule has 6 nitrogen and oxygen atoms in total. The van der Waals surface area contributed by atoms with Crippen LogP contribution in [0.4, 0.5) is 0 Å². The Labute approximate surface area is 191 Å². The Morgan fingerprint density at radius 3 is 2.59 bits per heavy atom. The van der Waals surface area contributed by atoms with Gasteiger partial charge in [-0.2, -0.15) is 0 Å². The average Bonchev–Trinajstić information content (AvgIpc) is 2.86. The van der Waals surface area contributed by atoms with Crippen LogP contribution in [0.15, 0.2) is 60.4 Å². The second-order valence-corrected chi connectivity index (χ2v) is 8.60. The minimum atomic E-state index is -0.606. The highest BCUT2D eigenvalue weighted by Gasteiger charge is 2.39. The highest BCUT2D eigenvalue weighted by atomic mass is 16.6. The summed E-state index contributed by atoms with van der Waals surface area (Å²) in [6.07, 6.45) is 8.44. The van der Waals surface area contributed by atoms with Crippen LogP contribution in [-0.4, -0.2) is 44.1 Å². The summed E-state index contributed by atoms with van der Waals surface area (Å²) in [4.78, 5) is 11.9. The molecular weight excluding hydrogens is 408 g/mol. The molecule has 1 atom stereocenters. The number of methoxy groups -OCH3 is 2. The zero-order chi connectivity index (χ0) is 23.9. The summed E-state index contributed by atoms with van der Waals surface area (Å²) in [5, 5.41) is 0. The first-order chi connectivity index (χ1) is 15.0. The Morgan fingerprint density at radius 2 is 1.97 bits per heavy atom. The van der Waals surface area contributed by atoms with E-state index in [2.05, 4.69) is 6.58 Å². The molecule has 0 spiro atoms. The van der Waals surface area contributed by atoms with E-state index >= 15 is 0 Å². The molecule has 0 amide bonds. The van der Waals surface area contributed by atoms with E-state index in [0.29, 0.717) is 23.7 Å². The molecule has 1 aromatic rings. The van der Waals surface area contributed by atoms with Gasteiger partial charge in [0.2, 0.25) is 0 Å². The van der Waals surface area contributed by atoms with Crippen LogP contribution in [0.25, 0.3) is 6.08 Å². The van der Waals surface area contributed by atoms with E-state index < -0.39 is 17.2 Å². The van der Waals surface area contributed by atoms with E-state index in [4.69, 9.17) is 23.7 Å². The summed E-state index contributed by atoms with van der Waals surface area (Å²) in [6.45, 7) is 13.9. The lowest BCUT2D eigenvalue weighted by molar-refractivity contribution is -0.135. The van der Waals surface area contributed by atoms with Gasteiger partial charge in [-0.05, 0) is 57.9 Å². The Kier molecular flexibility index (Phi) is 8.33. The summed E-state index contributed by atoms with van der Waals surface area (Å²) in [5.41, 5.74) is 0.894. The summed E-state index contributed by atoms with van der Waals surface area (Å²) < 4.78 is 28.3. The number of ether oxygens (including phenoxy) is 5. The number of allylic oxidation sites excluding steroid dienone is 2. The van der Waals surface area contributed by atoms with Crippen LogP contribution in [0.3, 0.4) is 0 Å². The van der Waals surface area contributed by atoms with Crippen molar-refractivity contribution < 1.29 is 28.5 Å². The van der Waals surface area contributed by atoms with Crippen molar-refractivity contribution in [2.75, 3.05) is 20.8 Å². The number of fused-ring (bicyclic) bond motifs is 1. The molecule has 1 unspecified atom stereocenters. The predicted molar refractivity (Wildman–Crippen MR) is 126 cm³/mol. The molecule has 1 heterocycles. The smallest absolute Gasteiger partial charge is 0.341 e. The third kappa shape index (κ3) is 6.50. The molecule has 32 heavy (non-hydrogen) atoms. The van der Waals surface area contributed by atoms with E-state index in [0.717, 1.165) is 11.1 Å². The lowest BCUT2D eigenvalue weighted by Crippen LogP contribution is -2.49. The summed E-state index contributed by atoms with van der Waals surface area (Å²) in [5.74, 6) is 0.860. The molecule has 0 N–H and O–H groups in total. The van der Waals surface area contributed by atoms with Crippen LogP contribution in [0, 0.1) is 0 Å². The second kappa shape index (κ2) is 10.6. The van der Waals surface area contributed by atoms with Crippen LogP contribution in [0.5, 0.6) is 11.5 Å². The van der Waals surface area contributed by atoms with Gasteiger partial charge in [0, 0.05) is 0 Å². The van der Waals surface area contributed by atoms with Crippen LogP contribution < -0.4 is 9.47 Å². The zero-order valence-electron chi connectivity index (χ0n) is 20.1. The summed E-state index contributed by atoms with van der Waals surface area (Å²) >= 11 is 0. The number of carbonyl (C=O) groups excluding carboxylic acids is 1. The van der Waals surface area contributed by atoms with Crippen LogP contribution in [0.2, 0.25) is 0 Å². The monoisotopic (exact) mass is 442 g/mol. The molecule has 174 valence electrons. The number of carbonyl (C=O) groups is 1. The first-order valence-corrected chi connectivity index (χ1v) is 10.5. The molecule has 0 bridgehead atoms. The summed E-state index contributed by atoms with van der Waals surface area (Å²) in [6, 6.07) is 5.74. The first-order valence-electron chi connectivity index (χ1n) is 10.5. The second-order valence-electron chi connectivity index (χ2n) is 8.60. The maximum atomic E-state index is 11.9. The van der Waals surface area contributed by atoms with Crippen molar-refractivity contribution >= 4 is 12.0 Å². The fraction of sp³-hybridized carbons (Fsp3) is 0.423. The van der Waals surface area contributed by atoms with Gasteiger partial charge in [0.1, 0.15) is 18.3 Å². The maximum absolute atomic E-state index is 11.9. The summed E-state index contributed by atoms with van der Waals surface area (Å²) in [7, 11) is 2.82. The molecule has 0 fully saturated rings. The molecule has 0 saturated heterocycles. The van der Waals surface area contributed by atoms with Crippen molar-refractivity contribution in [1.82, 2.24) is 0 Å². The molecule has 2 rings (SSSR count). The van der Waals surface area contributed by atoms with Crippen LogP contribution in [-0.2, 0) is 19.0 Å². The Morgan fingerprint density at radius 1 is 1.25 bits per heavy atom. The third-order valence-corrected chi connectivity index (χ3v) is 5.14. The Balaban J connectivity index is 2.22. The van der Waals surface area contributed by atoms with Crippen molar-refractivity contribution in [1.29, 1.82) is 0 Å². The Hall–Kier alpha value is -2.99. The standard InChI is InChI=1S/C26H34O6/c1-9-25(3,4)32-23-17-30-21-14-13-19(15-22(21)31-26(23,5)6)12-10-11-18(2)20(16-28-7)24(27)29-8/h9-16,23H,1,17H2,2-8H3. The first kappa shape index (κ1) is 25.3. The molecule has 0 aromatic heterocycles.